The Hall–Kier alpha value is -0.410. The van der Waals surface area contributed by atoms with Crippen LogP contribution in [0.25, 0.3) is 0 Å². The summed E-state index contributed by atoms with van der Waals surface area (Å²) >= 11 is 0. The van der Waals surface area contributed by atoms with Gasteiger partial charge in [0.25, 0.3) is 0 Å². The monoisotopic (exact) mass is 238 g/mol. The zero-order valence-corrected chi connectivity index (χ0v) is 11.2. The highest BCUT2D eigenvalue weighted by Crippen LogP contribution is 2.35. The Labute approximate surface area is 105 Å². The molecule has 1 saturated heterocycles. The van der Waals surface area contributed by atoms with Crippen molar-refractivity contribution in [3.63, 3.8) is 0 Å². The summed E-state index contributed by atoms with van der Waals surface area (Å²) in [6, 6.07) is 0. The molecule has 1 aliphatic carbocycles. The third-order valence-electron chi connectivity index (χ3n) is 4.55. The van der Waals surface area contributed by atoms with Crippen molar-refractivity contribution >= 4 is 6.29 Å². The Bertz CT molecular complexity index is 241. The van der Waals surface area contributed by atoms with Crippen LogP contribution in [0.3, 0.4) is 0 Å². The predicted molar refractivity (Wildman–Crippen MR) is 70.1 cm³/mol. The lowest BCUT2D eigenvalue weighted by Gasteiger charge is -2.40. The molecule has 1 aliphatic heterocycles. The second kappa shape index (κ2) is 5.96. The van der Waals surface area contributed by atoms with Crippen molar-refractivity contribution in [1.82, 2.24) is 9.80 Å². The topological polar surface area (TPSA) is 23.6 Å². The first-order chi connectivity index (χ1) is 8.28. The van der Waals surface area contributed by atoms with Crippen LogP contribution in [0.2, 0.25) is 0 Å². The minimum atomic E-state index is -0.00731. The fourth-order valence-corrected chi connectivity index (χ4v) is 3.28. The van der Waals surface area contributed by atoms with Crippen LogP contribution in [0.5, 0.6) is 0 Å². The van der Waals surface area contributed by atoms with E-state index in [4.69, 9.17) is 0 Å². The first kappa shape index (κ1) is 13.0. The van der Waals surface area contributed by atoms with Gasteiger partial charge in [-0.1, -0.05) is 26.2 Å². The Balaban J connectivity index is 1.84. The molecule has 0 aromatic heterocycles. The molecular formula is C14H26N2O. The van der Waals surface area contributed by atoms with Crippen LogP contribution in [0, 0.1) is 5.41 Å². The number of piperazine rings is 1. The van der Waals surface area contributed by atoms with E-state index < -0.39 is 0 Å². The van der Waals surface area contributed by atoms with E-state index in [-0.39, 0.29) is 5.41 Å². The van der Waals surface area contributed by atoms with Gasteiger partial charge < -0.3 is 9.69 Å². The van der Waals surface area contributed by atoms with E-state index in [1.54, 1.807) is 0 Å². The van der Waals surface area contributed by atoms with Gasteiger partial charge >= 0.3 is 0 Å². The maximum atomic E-state index is 11.4. The van der Waals surface area contributed by atoms with Gasteiger partial charge in [-0.3, -0.25) is 4.90 Å². The van der Waals surface area contributed by atoms with E-state index >= 15 is 0 Å². The van der Waals surface area contributed by atoms with Gasteiger partial charge in [0.05, 0.1) is 0 Å². The summed E-state index contributed by atoms with van der Waals surface area (Å²) in [5.41, 5.74) is -0.00731. The second-order valence-electron chi connectivity index (χ2n) is 5.75. The minimum Gasteiger partial charge on any atom is -0.303 e. The highest BCUT2D eigenvalue weighted by atomic mass is 16.1. The van der Waals surface area contributed by atoms with E-state index in [9.17, 15) is 4.79 Å². The maximum Gasteiger partial charge on any atom is 0.127 e. The Morgan fingerprint density at radius 1 is 1.00 bits per heavy atom. The molecule has 1 heterocycles. The van der Waals surface area contributed by atoms with Gasteiger partial charge in [-0.15, -0.1) is 0 Å². The van der Waals surface area contributed by atoms with Crippen molar-refractivity contribution in [2.45, 2.75) is 39.0 Å². The fourth-order valence-electron chi connectivity index (χ4n) is 3.28. The maximum absolute atomic E-state index is 11.4. The van der Waals surface area contributed by atoms with Crippen molar-refractivity contribution < 1.29 is 4.79 Å². The van der Waals surface area contributed by atoms with Gasteiger partial charge in [-0.25, -0.2) is 0 Å². The van der Waals surface area contributed by atoms with Crippen molar-refractivity contribution in [1.29, 1.82) is 0 Å². The van der Waals surface area contributed by atoms with Gasteiger partial charge in [0.2, 0.25) is 0 Å². The molecule has 17 heavy (non-hydrogen) atoms. The smallest absolute Gasteiger partial charge is 0.127 e. The van der Waals surface area contributed by atoms with Crippen LogP contribution in [0.15, 0.2) is 0 Å². The Kier molecular flexibility index (Phi) is 4.57. The molecule has 0 aromatic rings. The number of rotatable bonds is 4. The summed E-state index contributed by atoms with van der Waals surface area (Å²) in [5, 5.41) is 0. The lowest BCUT2D eigenvalue weighted by atomic mass is 9.75. The molecule has 0 N–H and O–H groups in total. The molecule has 3 nitrogen and oxygen atoms in total. The zero-order chi connectivity index (χ0) is 12.1. The van der Waals surface area contributed by atoms with E-state index in [1.807, 2.05) is 0 Å². The normalized spacial score (nSPS) is 26.9. The third-order valence-corrected chi connectivity index (χ3v) is 4.55. The van der Waals surface area contributed by atoms with Gasteiger partial charge in [-0.05, 0) is 19.4 Å². The average molecular weight is 238 g/mol. The molecule has 0 atom stereocenters. The van der Waals surface area contributed by atoms with Crippen LogP contribution in [-0.2, 0) is 4.79 Å². The average Bonchev–Trinajstić information content (AvgIpc) is 2.41. The van der Waals surface area contributed by atoms with Gasteiger partial charge in [0, 0.05) is 38.1 Å². The molecule has 0 bridgehead atoms. The lowest BCUT2D eigenvalue weighted by Crippen LogP contribution is -2.50. The fraction of sp³-hybridized carbons (Fsp3) is 0.929. The Morgan fingerprint density at radius 2 is 1.59 bits per heavy atom. The molecular weight excluding hydrogens is 212 g/mol. The summed E-state index contributed by atoms with van der Waals surface area (Å²) in [5.74, 6) is 0. The number of carbonyl (C=O) groups excluding carboxylic acids is 1. The number of nitrogens with zero attached hydrogens (tertiary/aromatic N) is 2. The van der Waals surface area contributed by atoms with Crippen molar-refractivity contribution in [2.75, 3.05) is 39.3 Å². The second-order valence-corrected chi connectivity index (χ2v) is 5.75. The van der Waals surface area contributed by atoms with Crippen LogP contribution < -0.4 is 0 Å². The third kappa shape index (κ3) is 3.29. The number of hydrogen-bond donors (Lipinski definition) is 0. The number of hydrogen-bond acceptors (Lipinski definition) is 3. The van der Waals surface area contributed by atoms with Crippen molar-refractivity contribution in [2.24, 2.45) is 5.41 Å². The summed E-state index contributed by atoms with van der Waals surface area (Å²) < 4.78 is 0. The minimum absolute atomic E-state index is 0.00731. The highest BCUT2D eigenvalue weighted by Gasteiger charge is 2.34. The molecule has 2 fully saturated rings. The summed E-state index contributed by atoms with van der Waals surface area (Å²) in [7, 11) is 0. The summed E-state index contributed by atoms with van der Waals surface area (Å²) in [4.78, 5) is 16.4. The van der Waals surface area contributed by atoms with E-state index in [0.29, 0.717) is 0 Å². The van der Waals surface area contributed by atoms with Gasteiger partial charge in [-0.2, -0.15) is 0 Å². The largest absolute Gasteiger partial charge is 0.303 e. The summed E-state index contributed by atoms with van der Waals surface area (Å²) in [6.45, 7) is 9.02. The number of aldehydes is 1. The van der Waals surface area contributed by atoms with Crippen molar-refractivity contribution in [3.8, 4) is 0 Å². The molecule has 0 amide bonds. The SMILES string of the molecule is CCN1CCN(CC2(C=O)CCCCC2)CC1. The molecule has 0 radical (unpaired) electrons. The molecule has 0 spiro atoms. The van der Waals surface area contributed by atoms with Gasteiger partial charge in [0.15, 0.2) is 0 Å². The molecule has 0 aromatic carbocycles. The van der Waals surface area contributed by atoms with E-state index in [2.05, 4.69) is 16.7 Å². The molecule has 2 rings (SSSR count). The predicted octanol–water partition coefficient (Wildman–Crippen LogP) is 1.77. The lowest BCUT2D eigenvalue weighted by molar-refractivity contribution is -0.119. The number of carbonyl (C=O) groups is 1. The quantitative estimate of drug-likeness (QED) is 0.697. The summed E-state index contributed by atoms with van der Waals surface area (Å²) in [6.07, 6.45) is 7.30. The first-order valence-corrected chi connectivity index (χ1v) is 7.19. The molecule has 3 heteroatoms. The van der Waals surface area contributed by atoms with Crippen LogP contribution in [0.4, 0.5) is 0 Å². The molecule has 1 saturated carbocycles. The highest BCUT2D eigenvalue weighted by molar-refractivity contribution is 5.60. The van der Waals surface area contributed by atoms with Crippen molar-refractivity contribution in [3.05, 3.63) is 0 Å². The van der Waals surface area contributed by atoms with Crippen LogP contribution in [-0.4, -0.2) is 55.4 Å². The Morgan fingerprint density at radius 3 is 2.12 bits per heavy atom. The van der Waals surface area contributed by atoms with Gasteiger partial charge in [0.1, 0.15) is 6.29 Å². The standard InChI is InChI=1S/C14H26N2O/c1-2-15-8-10-16(11-9-15)12-14(13-17)6-4-3-5-7-14/h13H,2-12H2,1H3. The molecule has 98 valence electrons. The number of likely N-dealkylation sites (N-methyl/N-ethyl adjacent to an activating group) is 1. The zero-order valence-electron chi connectivity index (χ0n) is 11.2. The van der Waals surface area contributed by atoms with E-state index in [1.165, 1.54) is 38.6 Å². The van der Waals surface area contributed by atoms with E-state index in [0.717, 1.165) is 39.0 Å². The molecule has 0 unspecified atom stereocenters. The van der Waals surface area contributed by atoms with Crippen LogP contribution >= 0.6 is 0 Å². The molecule has 2 aliphatic rings. The first-order valence-electron chi connectivity index (χ1n) is 7.19. The van der Waals surface area contributed by atoms with Crippen LogP contribution in [0.1, 0.15) is 39.0 Å².